The Hall–Kier alpha value is -1.69. The van der Waals surface area contributed by atoms with E-state index in [1.165, 1.54) is 37.1 Å². The van der Waals surface area contributed by atoms with E-state index in [-0.39, 0.29) is 5.41 Å². The van der Waals surface area contributed by atoms with Crippen LogP contribution < -0.4 is 0 Å². The molecule has 4 rings (SSSR count). The molecular formula is C22H32N4O. The van der Waals surface area contributed by atoms with Crippen molar-refractivity contribution in [3.05, 3.63) is 53.9 Å². The minimum absolute atomic E-state index is 0.114. The monoisotopic (exact) mass is 368 g/mol. The molecule has 0 spiro atoms. The maximum absolute atomic E-state index is 10.1. The fourth-order valence-corrected chi connectivity index (χ4v) is 4.63. The number of piperidine rings is 1. The van der Waals surface area contributed by atoms with Crippen LogP contribution in [0, 0.1) is 5.41 Å². The van der Waals surface area contributed by atoms with Crippen LogP contribution in [0.1, 0.15) is 36.8 Å². The first kappa shape index (κ1) is 18.7. The van der Waals surface area contributed by atoms with Crippen LogP contribution in [0.4, 0.5) is 0 Å². The van der Waals surface area contributed by atoms with Crippen molar-refractivity contribution in [3.8, 4) is 0 Å². The number of hydrogen-bond acceptors (Lipinski definition) is 4. The van der Waals surface area contributed by atoms with Crippen molar-refractivity contribution >= 4 is 0 Å². The Morgan fingerprint density at radius 3 is 2.33 bits per heavy atom. The zero-order valence-electron chi connectivity index (χ0n) is 16.3. The predicted molar refractivity (Wildman–Crippen MR) is 107 cm³/mol. The van der Waals surface area contributed by atoms with Crippen LogP contribution in [0.25, 0.3) is 0 Å². The molecule has 0 unspecified atom stereocenters. The molecule has 0 radical (unpaired) electrons. The molecule has 0 amide bonds. The largest absolute Gasteiger partial charge is 0.396 e. The summed E-state index contributed by atoms with van der Waals surface area (Å²) in [6.45, 7) is 7.83. The Balaban J connectivity index is 1.32. The van der Waals surface area contributed by atoms with E-state index in [1.807, 2.05) is 23.1 Å². The molecule has 2 saturated heterocycles. The van der Waals surface area contributed by atoms with Crippen LogP contribution in [0.3, 0.4) is 0 Å². The van der Waals surface area contributed by atoms with Gasteiger partial charge in [-0.3, -0.25) is 9.58 Å². The summed E-state index contributed by atoms with van der Waals surface area (Å²) in [5, 5.41) is 14.4. The minimum Gasteiger partial charge on any atom is -0.396 e. The van der Waals surface area contributed by atoms with E-state index in [9.17, 15) is 5.11 Å². The van der Waals surface area contributed by atoms with Gasteiger partial charge in [0.1, 0.15) is 0 Å². The summed E-state index contributed by atoms with van der Waals surface area (Å²) < 4.78 is 1.97. The molecule has 2 aromatic rings. The van der Waals surface area contributed by atoms with Gasteiger partial charge in [-0.2, -0.15) is 5.10 Å². The molecule has 2 fully saturated rings. The van der Waals surface area contributed by atoms with E-state index in [4.69, 9.17) is 0 Å². The molecule has 5 heteroatoms. The molecule has 2 aliphatic heterocycles. The number of aliphatic hydroxyl groups excluding tert-OH is 1. The zero-order chi connectivity index (χ0) is 18.5. The number of benzene rings is 1. The second-order valence-electron chi connectivity index (χ2n) is 8.44. The first-order valence-corrected chi connectivity index (χ1v) is 10.4. The van der Waals surface area contributed by atoms with Crippen LogP contribution in [0.15, 0.2) is 42.7 Å². The normalized spacial score (nSPS) is 20.9. The van der Waals surface area contributed by atoms with Gasteiger partial charge in [-0.05, 0) is 69.1 Å². The number of aromatic nitrogens is 2. The van der Waals surface area contributed by atoms with Crippen LogP contribution in [-0.2, 0) is 13.1 Å². The molecule has 1 aromatic carbocycles. The first-order chi connectivity index (χ1) is 13.2. The van der Waals surface area contributed by atoms with Crippen molar-refractivity contribution in [2.75, 3.05) is 39.3 Å². The third-order valence-electron chi connectivity index (χ3n) is 6.31. The summed E-state index contributed by atoms with van der Waals surface area (Å²) in [4.78, 5) is 5.11. The summed E-state index contributed by atoms with van der Waals surface area (Å²) in [7, 11) is 0. The highest BCUT2D eigenvalue weighted by atomic mass is 16.3. The molecule has 146 valence electrons. The maximum Gasteiger partial charge on any atom is 0.0659 e. The Morgan fingerprint density at radius 1 is 0.926 bits per heavy atom. The van der Waals surface area contributed by atoms with Crippen molar-refractivity contribution in [2.24, 2.45) is 5.41 Å². The predicted octanol–water partition coefficient (Wildman–Crippen LogP) is 2.60. The Bertz CT molecular complexity index is 701. The fraction of sp³-hybridized carbons (Fsp3) is 0.591. The molecule has 0 aliphatic carbocycles. The fourth-order valence-electron chi connectivity index (χ4n) is 4.63. The highest BCUT2D eigenvalue weighted by Gasteiger charge is 2.36. The van der Waals surface area contributed by atoms with Gasteiger partial charge in [-0.1, -0.05) is 24.3 Å². The van der Waals surface area contributed by atoms with Crippen molar-refractivity contribution < 1.29 is 5.11 Å². The third-order valence-corrected chi connectivity index (χ3v) is 6.31. The summed E-state index contributed by atoms with van der Waals surface area (Å²) >= 11 is 0. The molecule has 0 atom stereocenters. The van der Waals surface area contributed by atoms with E-state index >= 15 is 0 Å². The van der Waals surface area contributed by atoms with Crippen LogP contribution >= 0.6 is 0 Å². The molecule has 27 heavy (non-hydrogen) atoms. The Kier molecular flexibility index (Phi) is 5.91. The van der Waals surface area contributed by atoms with E-state index < -0.39 is 0 Å². The van der Waals surface area contributed by atoms with E-state index in [0.29, 0.717) is 6.61 Å². The lowest BCUT2D eigenvalue weighted by atomic mass is 9.78. The summed E-state index contributed by atoms with van der Waals surface area (Å²) in [5.41, 5.74) is 2.78. The van der Waals surface area contributed by atoms with E-state index in [1.54, 1.807) is 0 Å². The number of rotatable bonds is 7. The second kappa shape index (κ2) is 8.55. The maximum atomic E-state index is 10.1. The highest BCUT2D eigenvalue weighted by Crippen LogP contribution is 2.33. The van der Waals surface area contributed by atoms with Crippen molar-refractivity contribution in [1.29, 1.82) is 0 Å². The molecular weight excluding hydrogens is 336 g/mol. The van der Waals surface area contributed by atoms with Gasteiger partial charge < -0.3 is 10.0 Å². The molecule has 0 bridgehead atoms. The summed E-state index contributed by atoms with van der Waals surface area (Å²) in [6, 6.07) is 10.8. The van der Waals surface area contributed by atoms with Crippen molar-refractivity contribution in [2.45, 2.75) is 38.8 Å². The van der Waals surface area contributed by atoms with Crippen molar-refractivity contribution in [1.82, 2.24) is 19.6 Å². The number of likely N-dealkylation sites (tertiary alicyclic amines) is 2. The lowest BCUT2D eigenvalue weighted by Gasteiger charge is -2.42. The first-order valence-electron chi connectivity index (χ1n) is 10.4. The van der Waals surface area contributed by atoms with Gasteiger partial charge in [-0.25, -0.2) is 0 Å². The smallest absolute Gasteiger partial charge is 0.0659 e. The average Bonchev–Trinajstić information content (AvgIpc) is 3.38. The molecule has 3 heterocycles. The van der Waals surface area contributed by atoms with Crippen LogP contribution in [0.2, 0.25) is 0 Å². The standard InChI is InChI=1S/C22H32N4O/c27-19-22(18-25-10-1-2-11-25)7-13-24(14-8-22)16-20-5-3-6-21(15-20)17-26-12-4-9-23-26/h3-6,9,12,15,27H,1-2,7-8,10-11,13-14,16-19H2. The molecule has 1 N–H and O–H groups in total. The number of hydrogen-bond donors (Lipinski definition) is 1. The number of nitrogens with zero attached hydrogens (tertiary/aromatic N) is 4. The quantitative estimate of drug-likeness (QED) is 0.816. The van der Waals surface area contributed by atoms with Gasteiger partial charge in [-0.15, -0.1) is 0 Å². The average molecular weight is 369 g/mol. The van der Waals surface area contributed by atoms with E-state index in [0.717, 1.165) is 45.6 Å². The molecule has 2 aliphatic rings. The van der Waals surface area contributed by atoms with Crippen LogP contribution in [-0.4, -0.2) is 64.0 Å². The van der Waals surface area contributed by atoms with Gasteiger partial charge in [0.25, 0.3) is 0 Å². The summed E-state index contributed by atoms with van der Waals surface area (Å²) in [5.74, 6) is 0. The topological polar surface area (TPSA) is 44.5 Å². The zero-order valence-corrected chi connectivity index (χ0v) is 16.3. The third kappa shape index (κ3) is 4.78. The van der Waals surface area contributed by atoms with Gasteiger partial charge in [0.05, 0.1) is 13.2 Å². The highest BCUT2D eigenvalue weighted by molar-refractivity contribution is 5.23. The van der Waals surface area contributed by atoms with Crippen molar-refractivity contribution in [3.63, 3.8) is 0 Å². The van der Waals surface area contributed by atoms with Gasteiger partial charge in [0.15, 0.2) is 0 Å². The lowest BCUT2D eigenvalue weighted by Crippen LogP contribution is -2.47. The summed E-state index contributed by atoms with van der Waals surface area (Å²) in [6.07, 6.45) is 8.68. The second-order valence-corrected chi connectivity index (χ2v) is 8.44. The lowest BCUT2D eigenvalue weighted by molar-refractivity contribution is 0.0165. The molecule has 1 aromatic heterocycles. The minimum atomic E-state index is 0.114. The Labute approximate surface area is 162 Å². The number of aliphatic hydroxyl groups is 1. The van der Waals surface area contributed by atoms with Crippen LogP contribution in [0.5, 0.6) is 0 Å². The van der Waals surface area contributed by atoms with E-state index in [2.05, 4.69) is 39.2 Å². The SMILES string of the molecule is OCC1(CN2CCCC2)CCN(Cc2cccc(Cn3cccn3)c2)CC1. The molecule has 0 saturated carbocycles. The van der Waals surface area contributed by atoms with Gasteiger partial charge >= 0.3 is 0 Å². The molecule has 5 nitrogen and oxygen atoms in total. The van der Waals surface area contributed by atoms with Gasteiger partial charge in [0.2, 0.25) is 0 Å². The Morgan fingerprint density at radius 2 is 1.67 bits per heavy atom. The van der Waals surface area contributed by atoms with Gasteiger partial charge in [0, 0.05) is 30.9 Å².